The molecule has 58 heavy (non-hydrogen) atoms. The van der Waals surface area contributed by atoms with Crippen LogP contribution >= 0.6 is 7.82 Å². The van der Waals surface area contributed by atoms with Crippen molar-refractivity contribution in [2.75, 3.05) is 26.4 Å². The Kier molecular flexibility index (Phi) is 36.8. The summed E-state index contributed by atoms with van der Waals surface area (Å²) in [7, 11) is -4.67. The van der Waals surface area contributed by atoms with Crippen molar-refractivity contribution in [3.05, 3.63) is 72.9 Å². The topological polar surface area (TPSA) is 189 Å². The number of phosphoric ester groups is 1. The first-order valence-corrected chi connectivity index (χ1v) is 23.0. The van der Waals surface area contributed by atoms with Crippen molar-refractivity contribution in [3.8, 4) is 0 Å². The van der Waals surface area contributed by atoms with Crippen molar-refractivity contribution in [2.45, 2.75) is 167 Å². The lowest BCUT2D eigenvalue weighted by Crippen LogP contribution is -2.29. The van der Waals surface area contributed by atoms with Crippen LogP contribution in [-0.2, 0) is 32.7 Å². The first-order chi connectivity index (χ1) is 27.9. The summed E-state index contributed by atoms with van der Waals surface area (Å²) < 4.78 is 32.5. The summed E-state index contributed by atoms with van der Waals surface area (Å²) in [6.45, 7) is 4.30. The maximum atomic E-state index is 12.6. The van der Waals surface area contributed by atoms with Gasteiger partial charge in [-0.3, -0.25) is 18.6 Å². The smallest absolute Gasteiger partial charge is 0.462 e. The average Bonchev–Trinajstić information content (AvgIpc) is 3.20. The van der Waals surface area contributed by atoms with Gasteiger partial charge in [0.05, 0.1) is 32.0 Å². The van der Waals surface area contributed by atoms with E-state index in [-0.39, 0.29) is 19.4 Å². The quantitative estimate of drug-likeness (QED) is 0.0131. The molecule has 6 atom stereocenters. The van der Waals surface area contributed by atoms with Crippen molar-refractivity contribution < 1.29 is 58.0 Å². The van der Waals surface area contributed by atoms with Crippen molar-refractivity contribution in [2.24, 2.45) is 5.92 Å². The number of ether oxygens (including phenoxy) is 2. The molecule has 0 heterocycles. The summed E-state index contributed by atoms with van der Waals surface area (Å²) in [5.74, 6) is -0.271. The summed E-state index contributed by atoms with van der Waals surface area (Å²) in [5, 5.41) is 38.3. The lowest BCUT2D eigenvalue weighted by molar-refractivity contribution is -0.161. The van der Waals surface area contributed by atoms with E-state index in [1.807, 2.05) is 37.3 Å². The molecule has 0 bridgehead atoms. The fourth-order valence-electron chi connectivity index (χ4n) is 5.35. The van der Waals surface area contributed by atoms with Crippen molar-refractivity contribution in [1.82, 2.24) is 0 Å². The third kappa shape index (κ3) is 37.6. The molecule has 0 aliphatic heterocycles. The number of rotatable bonds is 38. The standard InChI is InChI=1S/C45H77O12P/c1-4-6-21-29-40(47)31-24-19-20-25-32-41(48)30-23-16-13-14-18-27-34-45(51)57-43(38-56-58(52,53)55-36-42(49)35-46)37-54-44(50)33-26-17-12-10-8-7-9-11-15-22-28-39(3)5-2/h6,14,16,18-21,23-25,31-32,39-43,46-49H,4-5,7-13,15,17,22,26-30,33-38H2,1-3H3,(H,52,53)/b18-14-,20-19-,21-6-,23-16-,31-24+,32-25+/t39?,40-,41+,42-,43+/m0/s1. The van der Waals surface area contributed by atoms with Gasteiger partial charge in [-0.05, 0) is 44.4 Å². The van der Waals surface area contributed by atoms with Crippen molar-refractivity contribution in [3.63, 3.8) is 0 Å². The number of carbonyl (C=O) groups is 2. The van der Waals surface area contributed by atoms with Crippen LogP contribution < -0.4 is 0 Å². The predicted octanol–water partition coefficient (Wildman–Crippen LogP) is 9.08. The van der Waals surface area contributed by atoms with Gasteiger partial charge in [-0.25, -0.2) is 4.57 Å². The monoisotopic (exact) mass is 841 g/mol. The summed E-state index contributed by atoms with van der Waals surface area (Å²) in [5.41, 5.74) is 0. The molecule has 0 fully saturated rings. The Morgan fingerprint density at radius 2 is 1.21 bits per heavy atom. The largest absolute Gasteiger partial charge is 0.472 e. The van der Waals surface area contributed by atoms with Gasteiger partial charge < -0.3 is 34.8 Å². The molecule has 0 aromatic rings. The minimum Gasteiger partial charge on any atom is -0.462 e. The molecule has 334 valence electrons. The molecule has 5 N–H and O–H groups in total. The Bertz CT molecular complexity index is 1240. The molecule has 0 spiro atoms. The van der Waals surface area contributed by atoms with Crippen LogP contribution in [0.25, 0.3) is 0 Å². The molecule has 0 aliphatic carbocycles. The molecule has 12 nitrogen and oxygen atoms in total. The normalized spacial score (nSPS) is 16.2. The van der Waals surface area contributed by atoms with Gasteiger partial charge in [-0.2, -0.15) is 0 Å². The van der Waals surface area contributed by atoms with E-state index in [1.54, 1.807) is 42.5 Å². The van der Waals surface area contributed by atoms with Crippen molar-refractivity contribution in [1.29, 1.82) is 0 Å². The Hall–Kier alpha value is -2.67. The Labute approximate surface area is 349 Å². The molecule has 0 saturated carbocycles. The SMILES string of the molecule is CC/C=C\C[C@H](O)/C=C/C=C\C=C\[C@H](O)C/C=C\C/C=C\CCC(=O)O[C@H](COC(=O)CCCCCCCCCCCCC(C)CC)COP(=O)(O)OC[C@@H](O)CO. The van der Waals surface area contributed by atoms with Gasteiger partial charge in [0, 0.05) is 12.8 Å². The van der Waals surface area contributed by atoms with E-state index < -0.39 is 64.0 Å². The highest BCUT2D eigenvalue weighted by Gasteiger charge is 2.27. The molecule has 0 aliphatic rings. The van der Waals surface area contributed by atoms with Gasteiger partial charge in [0.1, 0.15) is 12.7 Å². The third-order valence-corrected chi connectivity index (χ3v) is 10.0. The summed E-state index contributed by atoms with van der Waals surface area (Å²) >= 11 is 0. The molecule has 0 radical (unpaired) electrons. The zero-order valence-corrected chi connectivity index (χ0v) is 36.5. The minimum atomic E-state index is -4.67. The Morgan fingerprint density at radius 1 is 0.655 bits per heavy atom. The Morgan fingerprint density at radius 3 is 1.79 bits per heavy atom. The first kappa shape index (κ1) is 55.3. The maximum Gasteiger partial charge on any atom is 0.472 e. The van der Waals surface area contributed by atoms with E-state index in [9.17, 15) is 34.4 Å². The van der Waals surface area contributed by atoms with Gasteiger partial charge in [-0.1, -0.05) is 164 Å². The number of aliphatic hydroxyl groups is 4. The van der Waals surface area contributed by atoms with E-state index in [2.05, 4.69) is 18.4 Å². The fourth-order valence-corrected chi connectivity index (χ4v) is 6.13. The number of hydrogen-bond donors (Lipinski definition) is 5. The van der Waals surface area contributed by atoms with Gasteiger partial charge in [0.25, 0.3) is 0 Å². The molecule has 0 rings (SSSR count). The highest BCUT2D eigenvalue weighted by atomic mass is 31.2. The lowest BCUT2D eigenvalue weighted by Gasteiger charge is -2.20. The van der Waals surface area contributed by atoms with E-state index >= 15 is 0 Å². The van der Waals surface area contributed by atoms with E-state index in [4.69, 9.17) is 19.1 Å². The van der Waals surface area contributed by atoms with Crippen LogP contribution in [0.2, 0.25) is 0 Å². The van der Waals surface area contributed by atoms with Crippen LogP contribution in [0.4, 0.5) is 0 Å². The second-order valence-corrected chi connectivity index (χ2v) is 16.1. The Balaban J connectivity index is 4.57. The van der Waals surface area contributed by atoms with Crippen LogP contribution in [0, 0.1) is 5.92 Å². The minimum absolute atomic E-state index is 0.0000437. The zero-order chi connectivity index (χ0) is 43.1. The molecular weight excluding hydrogens is 763 g/mol. The van der Waals surface area contributed by atoms with Crippen molar-refractivity contribution >= 4 is 19.8 Å². The molecule has 0 aromatic heterocycles. The number of phosphoric acid groups is 1. The summed E-state index contributed by atoms with van der Waals surface area (Å²) in [6.07, 6.45) is 35.2. The second kappa shape index (κ2) is 38.5. The number of esters is 2. The van der Waals surface area contributed by atoms with E-state index in [0.29, 0.717) is 32.1 Å². The first-order valence-electron chi connectivity index (χ1n) is 21.5. The number of allylic oxidation sites excluding steroid dienone is 8. The molecule has 0 aromatic carbocycles. The van der Waals surface area contributed by atoms with E-state index in [1.165, 1.54) is 51.4 Å². The lowest BCUT2D eigenvalue weighted by atomic mass is 9.99. The molecule has 0 saturated heterocycles. The van der Waals surface area contributed by atoms with Crippen LogP contribution in [0.5, 0.6) is 0 Å². The van der Waals surface area contributed by atoms with Crippen LogP contribution in [0.1, 0.15) is 143 Å². The van der Waals surface area contributed by atoms with Crippen LogP contribution in [0.3, 0.4) is 0 Å². The predicted molar refractivity (Wildman–Crippen MR) is 231 cm³/mol. The number of unbranched alkanes of at least 4 members (excludes halogenated alkanes) is 9. The summed E-state index contributed by atoms with van der Waals surface area (Å²) in [4.78, 5) is 34.9. The molecule has 2 unspecified atom stereocenters. The average molecular weight is 841 g/mol. The van der Waals surface area contributed by atoms with Gasteiger partial charge >= 0.3 is 19.8 Å². The number of hydrogen-bond acceptors (Lipinski definition) is 11. The highest BCUT2D eigenvalue weighted by molar-refractivity contribution is 7.47. The van der Waals surface area contributed by atoms with Gasteiger partial charge in [-0.15, -0.1) is 0 Å². The summed E-state index contributed by atoms with van der Waals surface area (Å²) in [6, 6.07) is 0. The third-order valence-electron chi connectivity index (χ3n) is 9.10. The maximum absolute atomic E-state index is 12.6. The number of aliphatic hydroxyl groups excluding tert-OH is 4. The van der Waals surface area contributed by atoms with E-state index in [0.717, 1.165) is 31.6 Å². The van der Waals surface area contributed by atoms with Crippen LogP contribution in [0.15, 0.2) is 72.9 Å². The fraction of sp³-hybridized carbons (Fsp3) is 0.689. The highest BCUT2D eigenvalue weighted by Crippen LogP contribution is 2.43. The molecular formula is C45H77O12P. The van der Waals surface area contributed by atoms with Gasteiger partial charge in [0.15, 0.2) is 6.10 Å². The van der Waals surface area contributed by atoms with Gasteiger partial charge in [0.2, 0.25) is 0 Å². The zero-order valence-electron chi connectivity index (χ0n) is 35.6. The molecule has 0 amide bonds. The van der Waals surface area contributed by atoms with Crippen LogP contribution in [-0.4, -0.2) is 88.1 Å². The number of carbonyl (C=O) groups excluding carboxylic acids is 2. The molecule has 13 heteroatoms. The second-order valence-electron chi connectivity index (χ2n) is 14.6.